The largest absolute Gasteiger partial charge is 0.466 e. The van der Waals surface area contributed by atoms with Gasteiger partial charge in [0.2, 0.25) is 23.7 Å². The molecule has 0 spiro atoms. The molecule has 22 heavy (non-hydrogen) atoms. The van der Waals surface area contributed by atoms with E-state index >= 15 is 0 Å². The first-order valence-electron chi connectivity index (χ1n) is 6.91. The van der Waals surface area contributed by atoms with E-state index in [0.717, 1.165) is 4.90 Å². The Morgan fingerprint density at radius 3 is 1.95 bits per heavy atom. The summed E-state index contributed by atoms with van der Waals surface area (Å²) in [6.07, 6.45) is 1.09. The maximum absolute atomic E-state index is 11.8. The Kier molecular flexibility index (Phi) is 8.66. The lowest BCUT2D eigenvalue weighted by molar-refractivity contribution is -0.141. The van der Waals surface area contributed by atoms with Crippen LogP contribution in [0.2, 0.25) is 0 Å². The second-order valence-electron chi connectivity index (χ2n) is 4.73. The van der Waals surface area contributed by atoms with E-state index in [4.69, 9.17) is 4.74 Å². The summed E-state index contributed by atoms with van der Waals surface area (Å²) >= 11 is 0. The van der Waals surface area contributed by atoms with Crippen LogP contribution in [0.25, 0.3) is 0 Å². The summed E-state index contributed by atoms with van der Waals surface area (Å²) in [5, 5.41) is 0. The first-order valence-corrected chi connectivity index (χ1v) is 6.91. The van der Waals surface area contributed by atoms with Crippen molar-refractivity contribution in [1.29, 1.82) is 0 Å². The minimum atomic E-state index is -0.505. The highest BCUT2D eigenvalue weighted by atomic mass is 16.5. The summed E-state index contributed by atoms with van der Waals surface area (Å²) in [4.78, 5) is 51.3. The monoisotopic (exact) mass is 313 g/mol. The van der Waals surface area contributed by atoms with Crippen LogP contribution >= 0.6 is 0 Å². The number of unbranched alkanes of at least 4 members (excludes halogenated alkanes) is 1. The van der Waals surface area contributed by atoms with Gasteiger partial charge in [0.15, 0.2) is 0 Å². The Bertz CT molecular complexity index is 473. The van der Waals surface area contributed by atoms with Crippen molar-refractivity contribution in [3.8, 4) is 0 Å². The molecule has 0 aromatic carbocycles. The first kappa shape index (κ1) is 19.8. The van der Waals surface area contributed by atoms with Crippen LogP contribution in [0.5, 0.6) is 0 Å². The van der Waals surface area contributed by atoms with Crippen LogP contribution < -0.4 is 0 Å². The number of carbonyl (C=O) groups excluding carboxylic acids is 4. The lowest BCUT2D eigenvalue weighted by atomic mass is 10.3. The summed E-state index contributed by atoms with van der Waals surface area (Å²) in [7, 11) is 1.44. The predicted octanol–water partition coefficient (Wildman–Crippen LogP) is 0.559. The molecule has 8 nitrogen and oxygen atoms in total. The van der Waals surface area contributed by atoms with Crippen molar-refractivity contribution >= 4 is 29.7 Å². The van der Waals surface area contributed by atoms with Gasteiger partial charge in [0.1, 0.15) is 0 Å². The molecule has 0 unspecified atom stereocenters. The van der Waals surface area contributed by atoms with E-state index in [1.165, 1.54) is 39.6 Å². The Morgan fingerprint density at radius 1 is 0.955 bits per heavy atom. The number of nitrogens with zero attached hydrogens (tertiary/aromatic N) is 3. The van der Waals surface area contributed by atoms with Gasteiger partial charge in [0, 0.05) is 41.3 Å². The number of rotatable bonds is 5. The van der Waals surface area contributed by atoms with Crippen molar-refractivity contribution in [2.75, 3.05) is 20.2 Å². The Balaban J connectivity index is 4.93. The molecule has 0 fully saturated rings. The van der Waals surface area contributed by atoms with Gasteiger partial charge < -0.3 is 4.74 Å². The van der Waals surface area contributed by atoms with Gasteiger partial charge in [-0.05, 0) is 12.8 Å². The second-order valence-corrected chi connectivity index (χ2v) is 4.73. The molecule has 0 aromatic heterocycles. The highest BCUT2D eigenvalue weighted by molar-refractivity contribution is 6.06. The molecular weight excluding hydrogens is 290 g/mol. The molecule has 0 saturated carbocycles. The lowest BCUT2D eigenvalue weighted by Crippen LogP contribution is -2.47. The molecule has 3 amide bonds. The van der Waals surface area contributed by atoms with Gasteiger partial charge in [-0.15, -0.1) is 0 Å². The Morgan fingerprint density at radius 2 is 1.55 bits per heavy atom. The SMILES string of the molecule is CC(=O)N=C(N(C)C(C)=O)N(CCCCOC(C)=O)C(C)=O. The fourth-order valence-corrected chi connectivity index (χ4v) is 1.58. The van der Waals surface area contributed by atoms with Gasteiger partial charge in [-0.1, -0.05) is 0 Å². The van der Waals surface area contributed by atoms with Crippen LogP contribution in [0.4, 0.5) is 0 Å². The summed E-state index contributed by atoms with van der Waals surface area (Å²) in [6, 6.07) is 0. The third-order valence-corrected chi connectivity index (χ3v) is 2.73. The van der Waals surface area contributed by atoms with Crippen molar-refractivity contribution in [3.63, 3.8) is 0 Å². The molecule has 0 aliphatic carbocycles. The van der Waals surface area contributed by atoms with Gasteiger partial charge in [-0.2, -0.15) is 4.99 Å². The van der Waals surface area contributed by atoms with Gasteiger partial charge in [-0.3, -0.25) is 29.0 Å². The molecule has 0 aliphatic heterocycles. The van der Waals surface area contributed by atoms with Crippen molar-refractivity contribution in [3.05, 3.63) is 0 Å². The zero-order valence-corrected chi connectivity index (χ0v) is 13.7. The van der Waals surface area contributed by atoms with Crippen molar-refractivity contribution in [1.82, 2.24) is 9.80 Å². The molecule has 0 N–H and O–H groups in total. The molecule has 0 aromatic rings. The van der Waals surface area contributed by atoms with E-state index in [1.54, 1.807) is 0 Å². The number of ether oxygens (including phenoxy) is 1. The van der Waals surface area contributed by atoms with Gasteiger partial charge >= 0.3 is 5.97 Å². The van der Waals surface area contributed by atoms with Crippen LogP contribution in [0, 0.1) is 0 Å². The minimum absolute atomic E-state index is 0.0000127. The maximum atomic E-state index is 11.8. The topological polar surface area (TPSA) is 96.3 Å². The molecule has 8 heteroatoms. The third-order valence-electron chi connectivity index (χ3n) is 2.73. The molecule has 0 aliphatic rings. The molecular formula is C14H23N3O5. The number of amides is 3. The summed E-state index contributed by atoms with van der Waals surface area (Å²) in [5.74, 6) is -1.54. The zero-order valence-electron chi connectivity index (χ0n) is 13.7. The van der Waals surface area contributed by atoms with E-state index in [0.29, 0.717) is 12.8 Å². The highest BCUT2D eigenvalue weighted by Gasteiger charge is 2.22. The van der Waals surface area contributed by atoms with E-state index in [9.17, 15) is 19.2 Å². The predicted molar refractivity (Wildman–Crippen MR) is 79.8 cm³/mol. The van der Waals surface area contributed by atoms with E-state index < -0.39 is 5.91 Å². The highest BCUT2D eigenvalue weighted by Crippen LogP contribution is 2.04. The number of hydrogen-bond donors (Lipinski definition) is 0. The molecule has 0 bridgehead atoms. The van der Waals surface area contributed by atoms with Gasteiger partial charge in [-0.25, -0.2) is 0 Å². The van der Waals surface area contributed by atoms with Crippen LogP contribution in [0.3, 0.4) is 0 Å². The third kappa shape index (κ3) is 7.51. The molecule has 0 radical (unpaired) electrons. The average molecular weight is 313 g/mol. The fraction of sp³-hybridized carbons (Fsp3) is 0.643. The van der Waals surface area contributed by atoms with Crippen molar-refractivity contribution in [2.45, 2.75) is 40.5 Å². The van der Waals surface area contributed by atoms with E-state index in [1.807, 2.05) is 0 Å². The van der Waals surface area contributed by atoms with Crippen molar-refractivity contribution in [2.24, 2.45) is 4.99 Å². The van der Waals surface area contributed by atoms with E-state index in [2.05, 4.69) is 4.99 Å². The zero-order chi connectivity index (χ0) is 17.3. The Labute approximate surface area is 130 Å². The summed E-state index contributed by atoms with van der Waals surface area (Å²) in [6.45, 7) is 5.72. The van der Waals surface area contributed by atoms with Crippen molar-refractivity contribution < 1.29 is 23.9 Å². The smallest absolute Gasteiger partial charge is 0.302 e. The minimum Gasteiger partial charge on any atom is -0.466 e. The molecule has 0 saturated heterocycles. The summed E-state index contributed by atoms with van der Waals surface area (Å²) < 4.78 is 4.80. The number of aliphatic imine (C=N–C) groups is 1. The molecule has 0 heterocycles. The van der Waals surface area contributed by atoms with Crippen LogP contribution in [0.15, 0.2) is 4.99 Å². The maximum Gasteiger partial charge on any atom is 0.302 e. The average Bonchev–Trinajstić information content (AvgIpc) is 2.38. The Hall–Kier alpha value is -2.25. The number of hydrogen-bond acceptors (Lipinski definition) is 5. The second kappa shape index (κ2) is 9.64. The first-order chi connectivity index (χ1) is 10.2. The van der Waals surface area contributed by atoms with Gasteiger partial charge in [0.25, 0.3) is 0 Å². The fourth-order valence-electron chi connectivity index (χ4n) is 1.58. The number of esters is 1. The van der Waals surface area contributed by atoms with Crippen LogP contribution in [-0.2, 0) is 23.9 Å². The quantitative estimate of drug-likeness (QED) is 0.320. The van der Waals surface area contributed by atoms with Crippen LogP contribution in [0.1, 0.15) is 40.5 Å². The number of guanidine groups is 1. The van der Waals surface area contributed by atoms with E-state index in [-0.39, 0.29) is 36.9 Å². The van der Waals surface area contributed by atoms with Crippen LogP contribution in [-0.4, -0.2) is 59.6 Å². The normalized spacial score (nSPS) is 10.9. The summed E-state index contributed by atoms with van der Waals surface area (Å²) in [5.41, 5.74) is 0. The molecule has 0 atom stereocenters. The lowest BCUT2D eigenvalue weighted by Gasteiger charge is -2.27. The standard InChI is InChI=1S/C14H23N3O5/c1-10(18)15-14(16(5)11(2)19)17(12(3)20)8-6-7-9-22-13(4)21/h6-9H2,1-5H3. The molecule has 0 rings (SSSR count). The number of carbonyl (C=O) groups is 4. The van der Waals surface area contributed by atoms with Gasteiger partial charge in [0.05, 0.1) is 6.61 Å². The molecule has 124 valence electrons.